The number of esters is 1. The van der Waals surface area contributed by atoms with Gasteiger partial charge in [0.05, 0.1) is 13.7 Å². The summed E-state index contributed by atoms with van der Waals surface area (Å²) in [6.45, 7) is 2.33. The monoisotopic (exact) mass is 411 g/mol. The number of carbonyl (C=O) groups is 2. The van der Waals surface area contributed by atoms with Gasteiger partial charge in [-0.3, -0.25) is 4.79 Å². The Kier molecular flexibility index (Phi) is 6.86. The fraction of sp³-hybridized carbons (Fsp3) is 0.182. The molecule has 0 saturated heterocycles. The first-order chi connectivity index (χ1) is 14.1. The predicted molar refractivity (Wildman–Crippen MR) is 113 cm³/mol. The van der Waals surface area contributed by atoms with Crippen molar-refractivity contribution in [3.05, 3.63) is 65.5 Å². The van der Waals surface area contributed by atoms with E-state index in [0.29, 0.717) is 28.5 Å². The van der Waals surface area contributed by atoms with Crippen molar-refractivity contribution in [1.29, 1.82) is 0 Å². The van der Waals surface area contributed by atoms with Gasteiger partial charge in [0.1, 0.15) is 22.1 Å². The van der Waals surface area contributed by atoms with Gasteiger partial charge in [-0.15, -0.1) is 11.3 Å². The van der Waals surface area contributed by atoms with Gasteiger partial charge in [0.2, 0.25) is 0 Å². The van der Waals surface area contributed by atoms with Crippen molar-refractivity contribution in [3.63, 3.8) is 0 Å². The molecule has 1 aromatic heterocycles. The van der Waals surface area contributed by atoms with Gasteiger partial charge >= 0.3 is 5.97 Å². The molecule has 0 bridgehead atoms. The molecule has 0 aliphatic heterocycles. The summed E-state index contributed by atoms with van der Waals surface area (Å²) in [5, 5.41) is 4.98. The standard InChI is InChI=1S/C22H21NO5S/c1-3-27-17-11-9-15(10-12-17)18-14-29-21(20(18)22(25)26-2)23-19(24)13-28-16-7-5-4-6-8-16/h4-12,14H,3,13H2,1-2H3,(H,23,24). The molecule has 0 unspecified atom stereocenters. The van der Waals surface area contributed by atoms with Gasteiger partial charge in [-0.2, -0.15) is 0 Å². The van der Waals surface area contributed by atoms with Crippen molar-refractivity contribution in [3.8, 4) is 22.6 Å². The van der Waals surface area contributed by atoms with E-state index in [4.69, 9.17) is 14.2 Å². The lowest BCUT2D eigenvalue weighted by molar-refractivity contribution is -0.118. The summed E-state index contributed by atoms with van der Waals surface area (Å²) in [4.78, 5) is 24.7. The Labute approximate surface area is 173 Å². The number of ether oxygens (including phenoxy) is 3. The van der Waals surface area contributed by atoms with Crippen LogP contribution in [0.15, 0.2) is 60.0 Å². The van der Waals surface area contributed by atoms with Gasteiger partial charge in [-0.05, 0) is 36.8 Å². The molecule has 0 saturated carbocycles. The maximum Gasteiger partial charge on any atom is 0.341 e. The van der Waals surface area contributed by atoms with E-state index in [1.54, 1.807) is 12.1 Å². The first-order valence-corrected chi connectivity index (χ1v) is 9.91. The van der Waals surface area contributed by atoms with Gasteiger partial charge in [-0.25, -0.2) is 4.79 Å². The summed E-state index contributed by atoms with van der Waals surface area (Å²) in [7, 11) is 1.31. The second-order valence-electron chi connectivity index (χ2n) is 5.95. The number of amides is 1. The van der Waals surface area contributed by atoms with Crippen LogP contribution in [0, 0.1) is 0 Å². The highest BCUT2D eigenvalue weighted by molar-refractivity contribution is 7.15. The Morgan fingerprint density at radius 1 is 0.966 bits per heavy atom. The summed E-state index contributed by atoms with van der Waals surface area (Å²) in [6, 6.07) is 16.4. The van der Waals surface area contributed by atoms with Crippen molar-refractivity contribution >= 4 is 28.2 Å². The summed E-state index contributed by atoms with van der Waals surface area (Å²) < 4.78 is 15.8. The average Bonchev–Trinajstić information content (AvgIpc) is 3.16. The molecule has 1 amide bonds. The first-order valence-electron chi connectivity index (χ1n) is 9.03. The van der Waals surface area contributed by atoms with Crippen molar-refractivity contribution in [2.75, 3.05) is 25.6 Å². The number of hydrogen-bond donors (Lipinski definition) is 1. The van der Waals surface area contributed by atoms with Crippen molar-refractivity contribution in [2.45, 2.75) is 6.92 Å². The molecule has 2 aromatic carbocycles. The summed E-state index contributed by atoms with van der Waals surface area (Å²) in [6.07, 6.45) is 0. The van der Waals surface area contributed by atoms with Crippen molar-refractivity contribution < 1.29 is 23.8 Å². The largest absolute Gasteiger partial charge is 0.494 e. The van der Waals surface area contributed by atoms with Gasteiger partial charge < -0.3 is 19.5 Å². The first kappa shape index (κ1) is 20.4. The van der Waals surface area contributed by atoms with Crippen LogP contribution < -0.4 is 14.8 Å². The second kappa shape index (κ2) is 9.75. The molecule has 0 atom stereocenters. The van der Waals surface area contributed by atoms with Gasteiger partial charge in [-0.1, -0.05) is 30.3 Å². The number of anilines is 1. The minimum absolute atomic E-state index is 0.166. The molecule has 3 aromatic rings. The Morgan fingerprint density at radius 2 is 1.66 bits per heavy atom. The van der Waals surface area contributed by atoms with Crippen LogP contribution in [-0.4, -0.2) is 32.2 Å². The average molecular weight is 411 g/mol. The number of carbonyl (C=O) groups excluding carboxylic acids is 2. The zero-order chi connectivity index (χ0) is 20.6. The molecule has 150 valence electrons. The molecule has 0 aliphatic carbocycles. The van der Waals surface area contributed by atoms with Crippen molar-refractivity contribution in [1.82, 2.24) is 0 Å². The van der Waals surface area contributed by atoms with E-state index in [1.807, 2.05) is 54.8 Å². The lowest BCUT2D eigenvalue weighted by Crippen LogP contribution is -2.21. The molecule has 0 radical (unpaired) electrons. The predicted octanol–water partition coefficient (Wildman–Crippen LogP) is 4.62. The number of hydrogen-bond acceptors (Lipinski definition) is 6. The van der Waals surface area contributed by atoms with Crippen LogP contribution in [0.4, 0.5) is 5.00 Å². The number of nitrogens with one attached hydrogen (secondary N) is 1. The quantitative estimate of drug-likeness (QED) is 0.548. The third-order valence-corrected chi connectivity index (χ3v) is 4.92. The minimum Gasteiger partial charge on any atom is -0.494 e. The normalized spacial score (nSPS) is 10.3. The van der Waals surface area contributed by atoms with E-state index >= 15 is 0 Å². The molecule has 0 fully saturated rings. The molecule has 0 spiro atoms. The Hall–Kier alpha value is -3.32. The fourth-order valence-electron chi connectivity index (χ4n) is 2.69. The highest BCUT2D eigenvalue weighted by atomic mass is 32.1. The molecule has 0 aliphatic rings. The maximum absolute atomic E-state index is 12.4. The topological polar surface area (TPSA) is 73.9 Å². The number of rotatable bonds is 8. The Bertz CT molecular complexity index is 967. The number of para-hydroxylation sites is 1. The van der Waals surface area contributed by atoms with Gasteiger partial charge in [0.15, 0.2) is 6.61 Å². The van der Waals surface area contributed by atoms with Crippen LogP contribution >= 0.6 is 11.3 Å². The number of benzene rings is 2. The van der Waals surface area contributed by atoms with Crippen LogP contribution in [0.2, 0.25) is 0 Å². The van der Waals surface area contributed by atoms with Crippen LogP contribution in [0.1, 0.15) is 17.3 Å². The smallest absolute Gasteiger partial charge is 0.341 e. The third-order valence-electron chi connectivity index (χ3n) is 4.02. The highest BCUT2D eigenvalue weighted by Crippen LogP contribution is 2.36. The van der Waals surface area contributed by atoms with Gasteiger partial charge in [0, 0.05) is 10.9 Å². The van der Waals surface area contributed by atoms with Gasteiger partial charge in [0.25, 0.3) is 5.91 Å². The zero-order valence-electron chi connectivity index (χ0n) is 16.1. The molecule has 1 heterocycles. The summed E-state index contributed by atoms with van der Waals surface area (Å²) in [5.41, 5.74) is 1.82. The highest BCUT2D eigenvalue weighted by Gasteiger charge is 2.22. The van der Waals surface area contributed by atoms with Crippen LogP contribution in [0.5, 0.6) is 11.5 Å². The Morgan fingerprint density at radius 3 is 2.31 bits per heavy atom. The molecular weight excluding hydrogens is 390 g/mol. The molecule has 3 rings (SSSR count). The third kappa shape index (κ3) is 5.14. The molecule has 7 heteroatoms. The lowest BCUT2D eigenvalue weighted by atomic mass is 10.0. The SMILES string of the molecule is CCOc1ccc(-c2csc(NC(=O)COc3ccccc3)c2C(=O)OC)cc1. The maximum atomic E-state index is 12.4. The molecule has 6 nitrogen and oxygen atoms in total. The van der Waals surface area contributed by atoms with E-state index in [9.17, 15) is 9.59 Å². The number of thiophene rings is 1. The minimum atomic E-state index is -0.519. The summed E-state index contributed by atoms with van der Waals surface area (Å²) in [5.74, 6) is 0.461. The van der Waals surface area contributed by atoms with Crippen LogP contribution in [-0.2, 0) is 9.53 Å². The molecular formula is C22H21NO5S. The zero-order valence-corrected chi connectivity index (χ0v) is 17.0. The fourth-order valence-corrected chi connectivity index (χ4v) is 3.67. The van der Waals surface area contributed by atoms with E-state index in [2.05, 4.69) is 5.32 Å². The summed E-state index contributed by atoms with van der Waals surface area (Å²) >= 11 is 1.26. The molecule has 29 heavy (non-hydrogen) atoms. The van der Waals surface area contributed by atoms with E-state index in [1.165, 1.54) is 18.4 Å². The van der Waals surface area contributed by atoms with E-state index < -0.39 is 5.97 Å². The van der Waals surface area contributed by atoms with Crippen molar-refractivity contribution in [2.24, 2.45) is 0 Å². The Balaban J connectivity index is 1.78. The van der Waals surface area contributed by atoms with Crippen LogP contribution in [0.25, 0.3) is 11.1 Å². The number of methoxy groups -OCH3 is 1. The van der Waals surface area contributed by atoms with E-state index in [-0.39, 0.29) is 12.5 Å². The lowest BCUT2D eigenvalue weighted by Gasteiger charge is -2.09. The van der Waals surface area contributed by atoms with E-state index in [0.717, 1.165) is 11.3 Å². The van der Waals surface area contributed by atoms with Crippen LogP contribution in [0.3, 0.4) is 0 Å². The second-order valence-corrected chi connectivity index (χ2v) is 6.83. The molecule has 1 N–H and O–H groups in total.